The number of nitrogens with two attached hydrogens (primary N) is 1. The second-order valence-corrected chi connectivity index (χ2v) is 11.6. The number of amides is 2. The number of benzene rings is 2. The SMILES string of the molecule is NC(=O)C1(NC(=O)OCC2c3ccccc3-c3ccccc32)CC2CCCC(C1)S2(=O)=O. The predicted octanol–water partition coefficient (Wildman–Crippen LogP) is 2.88. The Morgan fingerprint density at radius 3 is 2.03 bits per heavy atom. The van der Waals surface area contributed by atoms with Gasteiger partial charge in [0.15, 0.2) is 9.84 Å². The molecule has 2 amide bonds. The number of carbonyl (C=O) groups is 2. The average Bonchev–Trinajstić information content (AvgIpc) is 3.07. The number of nitrogens with one attached hydrogen (secondary N) is 1. The van der Waals surface area contributed by atoms with Crippen LogP contribution in [0, 0.1) is 0 Å². The number of sulfone groups is 1. The molecule has 0 aromatic heterocycles. The number of alkyl carbamates (subject to hydrolysis) is 1. The Bertz CT molecular complexity index is 1130. The first-order valence-corrected chi connectivity index (χ1v) is 12.6. The number of hydrogen-bond donors (Lipinski definition) is 2. The van der Waals surface area contributed by atoms with Crippen LogP contribution in [0.15, 0.2) is 48.5 Å². The van der Waals surface area contributed by atoms with E-state index in [1.165, 1.54) is 0 Å². The van der Waals surface area contributed by atoms with Crippen molar-refractivity contribution in [2.24, 2.45) is 5.73 Å². The Morgan fingerprint density at radius 1 is 0.969 bits per heavy atom. The van der Waals surface area contributed by atoms with Gasteiger partial charge in [0.25, 0.3) is 0 Å². The molecule has 2 fully saturated rings. The maximum absolute atomic E-state index is 12.8. The van der Waals surface area contributed by atoms with Crippen LogP contribution in [0.4, 0.5) is 4.79 Å². The lowest BCUT2D eigenvalue weighted by Gasteiger charge is -2.44. The highest BCUT2D eigenvalue weighted by molar-refractivity contribution is 7.92. The zero-order chi connectivity index (χ0) is 22.5. The average molecular weight is 455 g/mol. The summed E-state index contributed by atoms with van der Waals surface area (Å²) in [5.74, 6) is -0.818. The quantitative estimate of drug-likeness (QED) is 0.737. The highest BCUT2D eigenvalue weighted by Crippen LogP contribution is 2.45. The molecule has 2 heterocycles. The number of rotatable bonds is 4. The lowest BCUT2D eigenvalue weighted by molar-refractivity contribution is -0.125. The molecule has 0 spiro atoms. The van der Waals surface area contributed by atoms with Crippen molar-refractivity contribution in [2.45, 2.75) is 54.1 Å². The van der Waals surface area contributed by atoms with Crippen molar-refractivity contribution in [3.05, 3.63) is 59.7 Å². The molecule has 32 heavy (non-hydrogen) atoms. The van der Waals surface area contributed by atoms with Crippen LogP contribution in [0.2, 0.25) is 0 Å². The molecule has 0 radical (unpaired) electrons. The maximum Gasteiger partial charge on any atom is 0.408 e. The van der Waals surface area contributed by atoms with Crippen LogP contribution in [0.25, 0.3) is 11.1 Å². The van der Waals surface area contributed by atoms with Gasteiger partial charge in [0.1, 0.15) is 12.1 Å². The molecule has 2 aromatic rings. The summed E-state index contributed by atoms with van der Waals surface area (Å²) in [5.41, 5.74) is 8.70. The Kier molecular flexibility index (Phi) is 5.00. The van der Waals surface area contributed by atoms with Crippen LogP contribution < -0.4 is 11.1 Å². The smallest absolute Gasteiger partial charge is 0.408 e. The van der Waals surface area contributed by atoms with E-state index in [1.54, 1.807) is 0 Å². The maximum atomic E-state index is 12.8. The zero-order valence-electron chi connectivity index (χ0n) is 17.6. The topological polar surface area (TPSA) is 116 Å². The summed E-state index contributed by atoms with van der Waals surface area (Å²) in [4.78, 5) is 25.2. The highest BCUT2D eigenvalue weighted by Gasteiger charge is 2.54. The minimum absolute atomic E-state index is 0.00532. The molecule has 8 heteroatoms. The van der Waals surface area contributed by atoms with Crippen LogP contribution >= 0.6 is 0 Å². The van der Waals surface area contributed by atoms with Crippen molar-refractivity contribution in [1.29, 1.82) is 0 Å². The first-order chi connectivity index (χ1) is 15.3. The van der Waals surface area contributed by atoms with Crippen molar-refractivity contribution >= 4 is 21.8 Å². The van der Waals surface area contributed by atoms with Gasteiger partial charge in [-0.2, -0.15) is 0 Å². The van der Waals surface area contributed by atoms with Crippen molar-refractivity contribution in [1.82, 2.24) is 5.32 Å². The van der Waals surface area contributed by atoms with Gasteiger partial charge >= 0.3 is 6.09 Å². The fourth-order valence-electron chi connectivity index (χ4n) is 5.67. The number of primary amides is 1. The Morgan fingerprint density at radius 2 is 1.50 bits per heavy atom. The molecule has 2 aromatic carbocycles. The zero-order valence-corrected chi connectivity index (χ0v) is 18.4. The Balaban J connectivity index is 1.33. The summed E-state index contributed by atoms with van der Waals surface area (Å²) >= 11 is 0. The van der Waals surface area contributed by atoms with E-state index in [1.807, 2.05) is 36.4 Å². The van der Waals surface area contributed by atoms with E-state index in [9.17, 15) is 18.0 Å². The normalized spacial score (nSPS) is 27.8. The van der Waals surface area contributed by atoms with Crippen LogP contribution in [0.3, 0.4) is 0 Å². The summed E-state index contributed by atoms with van der Waals surface area (Å²) in [6.07, 6.45) is 1.04. The molecule has 0 saturated carbocycles. The van der Waals surface area contributed by atoms with E-state index >= 15 is 0 Å². The molecule has 2 unspecified atom stereocenters. The van der Waals surface area contributed by atoms with Gasteiger partial charge in [0.2, 0.25) is 5.91 Å². The van der Waals surface area contributed by atoms with Crippen LogP contribution in [-0.4, -0.2) is 43.1 Å². The third-order valence-electron chi connectivity index (χ3n) is 7.29. The minimum atomic E-state index is -3.30. The molecule has 5 rings (SSSR count). The largest absolute Gasteiger partial charge is 0.449 e. The van der Waals surface area contributed by atoms with Crippen LogP contribution in [0.5, 0.6) is 0 Å². The fourth-order valence-corrected chi connectivity index (χ4v) is 8.23. The third kappa shape index (κ3) is 3.28. The van der Waals surface area contributed by atoms with Gasteiger partial charge in [-0.05, 0) is 47.9 Å². The van der Waals surface area contributed by atoms with Gasteiger partial charge in [-0.15, -0.1) is 0 Å². The third-order valence-corrected chi connectivity index (χ3v) is 9.95. The summed E-state index contributed by atoms with van der Waals surface area (Å²) in [7, 11) is -3.30. The van der Waals surface area contributed by atoms with Crippen LogP contribution in [-0.2, 0) is 19.4 Å². The number of ether oxygens (including phenoxy) is 1. The molecule has 2 atom stereocenters. The minimum Gasteiger partial charge on any atom is -0.449 e. The summed E-state index contributed by atoms with van der Waals surface area (Å²) in [5, 5.41) is 1.36. The van der Waals surface area contributed by atoms with Crippen molar-refractivity contribution in [3.63, 3.8) is 0 Å². The van der Waals surface area contributed by atoms with Gasteiger partial charge in [-0.1, -0.05) is 55.0 Å². The molecule has 1 aliphatic carbocycles. The van der Waals surface area contributed by atoms with Crippen molar-refractivity contribution in [3.8, 4) is 11.1 Å². The summed E-state index contributed by atoms with van der Waals surface area (Å²) in [6, 6.07) is 16.0. The van der Waals surface area contributed by atoms with E-state index in [4.69, 9.17) is 10.5 Å². The van der Waals surface area contributed by atoms with Gasteiger partial charge in [-0.25, -0.2) is 13.2 Å². The lowest BCUT2D eigenvalue weighted by Crippen LogP contribution is -2.65. The molecule has 2 bridgehead atoms. The first kappa shape index (κ1) is 21.0. The van der Waals surface area contributed by atoms with E-state index in [2.05, 4.69) is 17.4 Å². The number of hydrogen-bond acceptors (Lipinski definition) is 5. The summed E-state index contributed by atoms with van der Waals surface area (Å²) < 4.78 is 30.8. The highest BCUT2D eigenvalue weighted by atomic mass is 32.2. The van der Waals surface area contributed by atoms with Crippen LogP contribution in [0.1, 0.15) is 49.1 Å². The lowest BCUT2D eigenvalue weighted by atomic mass is 9.82. The molecule has 168 valence electrons. The molecule has 2 aliphatic heterocycles. The Hall–Kier alpha value is -2.87. The van der Waals surface area contributed by atoms with Crippen molar-refractivity contribution in [2.75, 3.05) is 6.61 Å². The molecular formula is C24H26N2O5S. The molecule has 3 aliphatic rings. The molecular weight excluding hydrogens is 428 g/mol. The fraction of sp³-hybridized carbons (Fsp3) is 0.417. The second kappa shape index (κ2) is 7.62. The van der Waals surface area contributed by atoms with E-state index in [0.29, 0.717) is 12.8 Å². The second-order valence-electron chi connectivity index (χ2n) is 9.07. The predicted molar refractivity (Wildman–Crippen MR) is 120 cm³/mol. The van der Waals surface area contributed by atoms with E-state index in [0.717, 1.165) is 28.7 Å². The van der Waals surface area contributed by atoms with Crippen molar-refractivity contribution < 1.29 is 22.7 Å². The van der Waals surface area contributed by atoms with Gasteiger partial charge < -0.3 is 15.8 Å². The van der Waals surface area contributed by atoms with Gasteiger partial charge in [0, 0.05) is 5.92 Å². The molecule has 2 saturated heterocycles. The number of fused-ring (bicyclic) bond motifs is 5. The molecule has 3 N–H and O–H groups in total. The molecule has 7 nitrogen and oxygen atoms in total. The van der Waals surface area contributed by atoms with E-state index < -0.39 is 37.9 Å². The van der Waals surface area contributed by atoms with Gasteiger partial charge in [0.05, 0.1) is 10.5 Å². The van der Waals surface area contributed by atoms with Gasteiger partial charge in [-0.3, -0.25) is 4.79 Å². The monoisotopic (exact) mass is 454 g/mol. The summed E-state index contributed by atoms with van der Waals surface area (Å²) in [6.45, 7) is 0.111. The first-order valence-electron chi connectivity index (χ1n) is 11.0. The standard InChI is InChI=1S/C24H26N2O5S/c25-22(27)24(12-15-6-5-7-16(13-24)32(15,29)30)26-23(28)31-14-21-19-10-3-1-8-17(19)18-9-2-4-11-20(18)21/h1-4,8-11,15-16,21H,5-7,12-14H2,(H2,25,27)(H,26,28). The Labute approximate surface area is 187 Å². The number of carbonyl (C=O) groups excluding carboxylic acids is 2. The van der Waals surface area contributed by atoms with E-state index in [-0.39, 0.29) is 25.4 Å².